The molecule has 0 unspecified atom stereocenters. The lowest BCUT2D eigenvalue weighted by Gasteiger charge is -2.18. The smallest absolute Gasteiger partial charge is 0.116 e. The van der Waals surface area contributed by atoms with Crippen LogP contribution in [0.15, 0.2) is 36.3 Å². The number of hydrogen-bond acceptors (Lipinski definition) is 2. The zero-order valence-corrected chi connectivity index (χ0v) is 6.76. The minimum Gasteiger partial charge on any atom is -0.494 e. The molecule has 0 saturated carbocycles. The van der Waals surface area contributed by atoms with Crippen molar-refractivity contribution in [2.24, 2.45) is 0 Å². The monoisotopic (exact) mass is 151 g/mol. The Kier molecular flexibility index (Phi) is 2.78. The van der Waals surface area contributed by atoms with Gasteiger partial charge in [-0.15, -0.1) is 0 Å². The van der Waals surface area contributed by atoms with Gasteiger partial charge in [0.15, 0.2) is 0 Å². The Labute approximate surface area is 67.2 Å². The summed E-state index contributed by atoms with van der Waals surface area (Å²) in [7, 11) is 0. The highest BCUT2D eigenvalue weighted by Crippen LogP contribution is 2.07. The highest BCUT2D eigenvalue weighted by molar-refractivity contribution is 5.23. The van der Waals surface area contributed by atoms with Crippen molar-refractivity contribution in [2.45, 2.75) is 6.92 Å². The highest BCUT2D eigenvalue weighted by Gasteiger charge is 2.04. The van der Waals surface area contributed by atoms with Gasteiger partial charge in [0.25, 0.3) is 0 Å². The fourth-order valence-corrected chi connectivity index (χ4v) is 0.933. The molecule has 0 spiro atoms. The molecule has 1 aliphatic rings. The van der Waals surface area contributed by atoms with Crippen molar-refractivity contribution < 1.29 is 4.74 Å². The SMILES string of the molecule is C=C/C=C\C1=C(C)OCCN1. The first-order chi connectivity index (χ1) is 5.34. The summed E-state index contributed by atoms with van der Waals surface area (Å²) < 4.78 is 5.32. The van der Waals surface area contributed by atoms with Gasteiger partial charge in [0.2, 0.25) is 0 Å². The van der Waals surface area contributed by atoms with E-state index < -0.39 is 0 Å². The predicted molar refractivity (Wildman–Crippen MR) is 46.0 cm³/mol. The van der Waals surface area contributed by atoms with E-state index in [0.717, 1.165) is 24.6 Å². The molecule has 0 saturated heterocycles. The van der Waals surface area contributed by atoms with Gasteiger partial charge in [-0.2, -0.15) is 0 Å². The minimum absolute atomic E-state index is 0.761. The number of rotatable bonds is 2. The summed E-state index contributed by atoms with van der Waals surface area (Å²) in [5.74, 6) is 0.953. The molecule has 0 atom stereocenters. The van der Waals surface area contributed by atoms with Gasteiger partial charge in [-0.1, -0.05) is 18.7 Å². The molecule has 1 N–H and O–H groups in total. The summed E-state index contributed by atoms with van der Waals surface area (Å²) in [5, 5.41) is 3.22. The Balaban J connectivity index is 2.66. The van der Waals surface area contributed by atoms with Crippen LogP contribution in [-0.2, 0) is 4.74 Å². The van der Waals surface area contributed by atoms with Crippen molar-refractivity contribution in [1.82, 2.24) is 5.32 Å². The fraction of sp³-hybridized carbons (Fsp3) is 0.333. The lowest BCUT2D eigenvalue weighted by molar-refractivity contribution is 0.195. The molecule has 1 aliphatic heterocycles. The van der Waals surface area contributed by atoms with Crippen LogP contribution >= 0.6 is 0 Å². The van der Waals surface area contributed by atoms with E-state index in [2.05, 4.69) is 11.9 Å². The molecule has 0 aromatic carbocycles. The first-order valence-electron chi connectivity index (χ1n) is 3.71. The van der Waals surface area contributed by atoms with Crippen molar-refractivity contribution in [3.63, 3.8) is 0 Å². The van der Waals surface area contributed by atoms with Gasteiger partial charge in [0, 0.05) is 6.54 Å². The Morgan fingerprint density at radius 1 is 1.64 bits per heavy atom. The first kappa shape index (κ1) is 7.92. The second-order valence-electron chi connectivity index (χ2n) is 2.34. The molecule has 0 aliphatic carbocycles. The number of nitrogens with one attached hydrogen (secondary N) is 1. The van der Waals surface area contributed by atoms with Crippen LogP contribution in [0, 0.1) is 0 Å². The summed E-state index contributed by atoms with van der Waals surface area (Å²) in [6.45, 7) is 7.19. The Bertz CT molecular complexity index is 204. The topological polar surface area (TPSA) is 21.3 Å². The highest BCUT2D eigenvalue weighted by atomic mass is 16.5. The molecule has 0 amide bonds. The van der Waals surface area contributed by atoms with E-state index in [9.17, 15) is 0 Å². The summed E-state index contributed by atoms with van der Waals surface area (Å²) in [6.07, 6.45) is 5.60. The molecule has 0 aromatic rings. The van der Waals surface area contributed by atoms with Crippen molar-refractivity contribution in [3.8, 4) is 0 Å². The average Bonchev–Trinajstić information content (AvgIpc) is 2.03. The molecule has 0 aromatic heterocycles. The van der Waals surface area contributed by atoms with E-state index in [1.54, 1.807) is 6.08 Å². The van der Waals surface area contributed by atoms with Gasteiger partial charge in [-0.25, -0.2) is 0 Å². The lowest BCUT2D eigenvalue weighted by Crippen LogP contribution is -2.24. The second kappa shape index (κ2) is 3.86. The minimum atomic E-state index is 0.761. The van der Waals surface area contributed by atoms with Crippen LogP contribution in [0.4, 0.5) is 0 Å². The molecular formula is C9H13NO. The molecule has 2 heteroatoms. The predicted octanol–water partition coefficient (Wildman–Crippen LogP) is 1.58. The molecule has 0 bridgehead atoms. The van der Waals surface area contributed by atoms with Gasteiger partial charge in [0.1, 0.15) is 12.4 Å². The van der Waals surface area contributed by atoms with Crippen molar-refractivity contribution >= 4 is 0 Å². The van der Waals surface area contributed by atoms with E-state index >= 15 is 0 Å². The van der Waals surface area contributed by atoms with Crippen LogP contribution in [0.5, 0.6) is 0 Å². The third-order valence-electron chi connectivity index (χ3n) is 1.51. The van der Waals surface area contributed by atoms with Crippen LogP contribution in [-0.4, -0.2) is 13.2 Å². The molecule has 11 heavy (non-hydrogen) atoms. The molecule has 1 heterocycles. The average molecular weight is 151 g/mol. The summed E-state index contributed by atoms with van der Waals surface area (Å²) in [4.78, 5) is 0. The molecule has 0 fully saturated rings. The Hall–Kier alpha value is -1.18. The Morgan fingerprint density at radius 3 is 3.09 bits per heavy atom. The third-order valence-corrected chi connectivity index (χ3v) is 1.51. The maximum absolute atomic E-state index is 5.32. The van der Waals surface area contributed by atoms with Gasteiger partial charge < -0.3 is 10.1 Å². The molecule has 2 nitrogen and oxygen atoms in total. The standard InChI is InChI=1S/C9H13NO/c1-3-4-5-9-8(2)11-7-6-10-9/h3-5,10H,1,6-7H2,2H3/b5-4-. The van der Waals surface area contributed by atoms with Crippen molar-refractivity contribution in [3.05, 3.63) is 36.3 Å². The van der Waals surface area contributed by atoms with Crippen molar-refractivity contribution in [1.29, 1.82) is 0 Å². The van der Waals surface area contributed by atoms with Crippen LogP contribution < -0.4 is 5.32 Å². The normalized spacial score (nSPS) is 17.9. The van der Waals surface area contributed by atoms with Crippen LogP contribution in [0.2, 0.25) is 0 Å². The zero-order valence-electron chi connectivity index (χ0n) is 6.76. The molecule has 60 valence electrons. The molecule has 1 rings (SSSR count). The van der Waals surface area contributed by atoms with Crippen molar-refractivity contribution in [2.75, 3.05) is 13.2 Å². The quantitative estimate of drug-likeness (QED) is 0.605. The van der Waals surface area contributed by atoms with Gasteiger partial charge >= 0.3 is 0 Å². The van der Waals surface area contributed by atoms with Gasteiger partial charge in [-0.05, 0) is 13.0 Å². The first-order valence-corrected chi connectivity index (χ1v) is 3.71. The molecular weight excluding hydrogens is 138 g/mol. The van der Waals surface area contributed by atoms with E-state index in [4.69, 9.17) is 4.74 Å². The van der Waals surface area contributed by atoms with Crippen LogP contribution in [0.3, 0.4) is 0 Å². The van der Waals surface area contributed by atoms with Gasteiger partial charge in [0.05, 0.1) is 5.70 Å². The second-order valence-corrected chi connectivity index (χ2v) is 2.34. The number of ether oxygens (including phenoxy) is 1. The zero-order chi connectivity index (χ0) is 8.10. The summed E-state index contributed by atoms with van der Waals surface area (Å²) >= 11 is 0. The number of allylic oxidation sites excluding steroid dienone is 4. The van der Waals surface area contributed by atoms with E-state index in [-0.39, 0.29) is 0 Å². The fourth-order valence-electron chi connectivity index (χ4n) is 0.933. The maximum atomic E-state index is 5.32. The maximum Gasteiger partial charge on any atom is 0.116 e. The third kappa shape index (κ3) is 2.15. The van der Waals surface area contributed by atoms with E-state index in [0.29, 0.717) is 0 Å². The van der Waals surface area contributed by atoms with E-state index in [1.807, 2.05) is 19.1 Å². The lowest BCUT2D eigenvalue weighted by atomic mass is 10.3. The molecule has 0 radical (unpaired) electrons. The summed E-state index contributed by atoms with van der Waals surface area (Å²) in [6, 6.07) is 0. The van der Waals surface area contributed by atoms with E-state index in [1.165, 1.54) is 0 Å². The summed E-state index contributed by atoms with van der Waals surface area (Å²) in [5.41, 5.74) is 1.05. The largest absolute Gasteiger partial charge is 0.494 e. The van der Waals surface area contributed by atoms with Gasteiger partial charge in [-0.3, -0.25) is 0 Å². The van der Waals surface area contributed by atoms with Crippen LogP contribution in [0.1, 0.15) is 6.92 Å². The van der Waals surface area contributed by atoms with Crippen LogP contribution in [0.25, 0.3) is 0 Å². The number of hydrogen-bond donors (Lipinski definition) is 1. The Morgan fingerprint density at radius 2 is 2.45 bits per heavy atom.